The molecule has 0 heterocycles. The third-order valence-electron chi connectivity index (χ3n) is 2.47. The van der Waals surface area contributed by atoms with Crippen LogP contribution in [0.2, 0.25) is 0 Å². The van der Waals surface area contributed by atoms with Gasteiger partial charge in [0.15, 0.2) is 0 Å². The molecule has 0 unspecified atom stereocenters. The number of carbonyl (C=O) groups excluding carboxylic acids is 1. The molecule has 0 aliphatic rings. The Kier molecular flexibility index (Phi) is 4.83. The minimum Gasteiger partial charge on any atom is -0.489 e. The first-order valence-corrected chi connectivity index (χ1v) is 6.04. The van der Waals surface area contributed by atoms with Gasteiger partial charge < -0.3 is 21.1 Å². The Balaban J connectivity index is 3.04. The summed E-state index contributed by atoms with van der Waals surface area (Å²) >= 11 is 0. The number of anilines is 2. The monoisotopic (exact) mass is 251 g/mol. The van der Waals surface area contributed by atoms with E-state index in [1.165, 1.54) is 0 Å². The van der Waals surface area contributed by atoms with Crippen LogP contribution in [0.25, 0.3) is 0 Å². The summed E-state index contributed by atoms with van der Waals surface area (Å²) in [5.41, 5.74) is 12.6. The quantitative estimate of drug-likeness (QED) is 0.748. The molecule has 0 saturated heterocycles. The number of nitrogens with zero attached hydrogens (tertiary/aromatic N) is 1. The highest BCUT2D eigenvalue weighted by molar-refractivity contribution is 5.83. The van der Waals surface area contributed by atoms with Crippen molar-refractivity contribution in [1.29, 1.82) is 0 Å². The number of para-hydroxylation sites is 1. The molecule has 0 fully saturated rings. The van der Waals surface area contributed by atoms with E-state index in [2.05, 4.69) is 0 Å². The second kappa shape index (κ2) is 6.14. The van der Waals surface area contributed by atoms with Crippen LogP contribution in [0.4, 0.5) is 11.4 Å². The predicted molar refractivity (Wildman–Crippen MR) is 73.7 cm³/mol. The zero-order chi connectivity index (χ0) is 13.7. The fourth-order valence-electron chi connectivity index (χ4n) is 1.72. The van der Waals surface area contributed by atoms with E-state index < -0.39 is 0 Å². The fourth-order valence-corrected chi connectivity index (χ4v) is 1.72. The molecule has 5 nitrogen and oxygen atoms in total. The number of benzene rings is 1. The third-order valence-corrected chi connectivity index (χ3v) is 2.47. The van der Waals surface area contributed by atoms with Gasteiger partial charge in [-0.1, -0.05) is 6.07 Å². The van der Waals surface area contributed by atoms with Crippen LogP contribution in [0.5, 0.6) is 5.75 Å². The average Bonchev–Trinajstić information content (AvgIpc) is 2.28. The maximum absolute atomic E-state index is 11.0. The minimum atomic E-state index is -0.383. The van der Waals surface area contributed by atoms with Gasteiger partial charge in [-0.25, -0.2) is 0 Å². The number of ether oxygens (including phenoxy) is 1. The zero-order valence-electron chi connectivity index (χ0n) is 11.1. The van der Waals surface area contributed by atoms with Crippen molar-refractivity contribution in [1.82, 2.24) is 0 Å². The molecule has 0 spiro atoms. The molecule has 18 heavy (non-hydrogen) atoms. The Bertz CT molecular complexity index is 419. The van der Waals surface area contributed by atoms with Gasteiger partial charge in [-0.2, -0.15) is 0 Å². The molecule has 0 radical (unpaired) electrons. The van der Waals surface area contributed by atoms with Gasteiger partial charge in [0.2, 0.25) is 5.91 Å². The topological polar surface area (TPSA) is 81.6 Å². The van der Waals surface area contributed by atoms with E-state index in [0.29, 0.717) is 18.0 Å². The summed E-state index contributed by atoms with van der Waals surface area (Å²) in [6, 6.07) is 5.53. The minimum absolute atomic E-state index is 0.0498. The summed E-state index contributed by atoms with van der Waals surface area (Å²) in [6.07, 6.45) is 0.0498. The maximum Gasteiger partial charge on any atom is 0.236 e. The molecule has 0 saturated carbocycles. The lowest BCUT2D eigenvalue weighted by Crippen LogP contribution is -2.34. The predicted octanol–water partition coefficient (Wildman–Crippen LogP) is 1.37. The van der Waals surface area contributed by atoms with Crippen molar-refractivity contribution in [3.63, 3.8) is 0 Å². The first-order chi connectivity index (χ1) is 8.45. The number of carbonyl (C=O) groups is 1. The van der Waals surface area contributed by atoms with Crippen LogP contribution in [0.3, 0.4) is 0 Å². The van der Waals surface area contributed by atoms with Gasteiger partial charge in [0, 0.05) is 6.54 Å². The van der Waals surface area contributed by atoms with Gasteiger partial charge in [-0.05, 0) is 32.9 Å². The Hall–Kier alpha value is -1.91. The number of hydrogen-bond donors (Lipinski definition) is 2. The van der Waals surface area contributed by atoms with E-state index in [1.807, 2.05) is 43.9 Å². The summed E-state index contributed by atoms with van der Waals surface area (Å²) in [5.74, 6) is 0.247. The van der Waals surface area contributed by atoms with Crippen molar-refractivity contribution in [2.24, 2.45) is 5.73 Å². The number of nitrogen functional groups attached to an aromatic ring is 1. The van der Waals surface area contributed by atoms with Crippen LogP contribution in [0.1, 0.15) is 20.8 Å². The van der Waals surface area contributed by atoms with Crippen LogP contribution in [0, 0.1) is 0 Å². The standard InChI is InChI=1S/C13H21N3O2/c1-4-16(8-12(14)17)10-6-5-7-11(13(10)15)18-9(2)3/h5-7,9H,4,8,15H2,1-3H3,(H2,14,17). The molecule has 0 aromatic heterocycles. The van der Waals surface area contributed by atoms with Crippen molar-refractivity contribution < 1.29 is 9.53 Å². The highest BCUT2D eigenvalue weighted by atomic mass is 16.5. The Morgan fingerprint density at radius 1 is 1.44 bits per heavy atom. The van der Waals surface area contributed by atoms with Crippen molar-refractivity contribution >= 4 is 17.3 Å². The molecule has 0 aliphatic heterocycles. The van der Waals surface area contributed by atoms with Crippen molar-refractivity contribution in [3.8, 4) is 5.75 Å². The van der Waals surface area contributed by atoms with Gasteiger partial charge in [0.1, 0.15) is 5.75 Å². The van der Waals surface area contributed by atoms with Gasteiger partial charge in [0.05, 0.1) is 24.0 Å². The van der Waals surface area contributed by atoms with Crippen molar-refractivity contribution in [2.75, 3.05) is 23.7 Å². The average molecular weight is 251 g/mol. The Morgan fingerprint density at radius 2 is 2.11 bits per heavy atom. The molecule has 1 amide bonds. The molecule has 0 atom stereocenters. The van der Waals surface area contributed by atoms with Crippen LogP contribution in [0.15, 0.2) is 18.2 Å². The van der Waals surface area contributed by atoms with Crippen molar-refractivity contribution in [2.45, 2.75) is 26.9 Å². The molecular weight excluding hydrogens is 230 g/mol. The molecule has 1 aromatic rings. The second-order valence-corrected chi connectivity index (χ2v) is 4.34. The highest BCUT2D eigenvalue weighted by Gasteiger charge is 2.14. The Labute approximate surface area is 108 Å². The summed E-state index contributed by atoms with van der Waals surface area (Å²) < 4.78 is 5.62. The summed E-state index contributed by atoms with van der Waals surface area (Å²) in [6.45, 7) is 6.61. The van der Waals surface area contributed by atoms with Gasteiger partial charge in [-0.3, -0.25) is 4.79 Å². The maximum atomic E-state index is 11.0. The van der Waals surface area contributed by atoms with E-state index in [4.69, 9.17) is 16.2 Å². The van der Waals surface area contributed by atoms with Crippen LogP contribution < -0.4 is 21.1 Å². The van der Waals surface area contributed by atoms with Crippen LogP contribution in [-0.4, -0.2) is 25.1 Å². The van der Waals surface area contributed by atoms with Crippen LogP contribution in [-0.2, 0) is 4.79 Å². The number of likely N-dealkylation sites (N-methyl/N-ethyl adjacent to an activating group) is 1. The smallest absolute Gasteiger partial charge is 0.236 e. The van der Waals surface area contributed by atoms with E-state index >= 15 is 0 Å². The summed E-state index contributed by atoms with van der Waals surface area (Å²) in [5, 5.41) is 0. The lowest BCUT2D eigenvalue weighted by Gasteiger charge is -2.24. The first-order valence-electron chi connectivity index (χ1n) is 6.04. The van der Waals surface area contributed by atoms with E-state index in [9.17, 15) is 4.79 Å². The molecular formula is C13H21N3O2. The number of hydrogen-bond acceptors (Lipinski definition) is 4. The second-order valence-electron chi connectivity index (χ2n) is 4.34. The molecule has 0 bridgehead atoms. The zero-order valence-corrected chi connectivity index (χ0v) is 11.1. The number of primary amides is 1. The van der Waals surface area contributed by atoms with Gasteiger partial charge >= 0.3 is 0 Å². The molecule has 5 heteroatoms. The third kappa shape index (κ3) is 3.55. The lowest BCUT2D eigenvalue weighted by molar-refractivity contribution is -0.116. The van der Waals surface area contributed by atoms with Crippen LogP contribution >= 0.6 is 0 Å². The van der Waals surface area contributed by atoms with E-state index in [-0.39, 0.29) is 18.6 Å². The first kappa shape index (κ1) is 14.2. The SMILES string of the molecule is CCN(CC(N)=O)c1cccc(OC(C)C)c1N. The number of amides is 1. The fraction of sp³-hybridized carbons (Fsp3) is 0.462. The summed E-state index contributed by atoms with van der Waals surface area (Å²) in [4.78, 5) is 12.8. The summed E-state index contributed by atoms with van der Waals surface area (Å²) in [7, 11) is 0. The molecule has 100 valence electrons. The number of nitrogens with two attached hydrogens (primary N) is 2. The molecule has 1 aromatic carbocycles. The van der Waals surface area contributed by atoms with Crippen molar-refractivity contribution in [3.05, 3.63) is 18.2 Å². The normalized spacial score (nSPS) is 10.4. The van der Waals surface area contributed by atoms with E-state index in [0.717, 1.165) is 5.69 Å². The molecule has 0 aliphatic carbocycles. The van der Waals surface area contributed by atoms with Gasteiger partial charge in [-0.15, -0.1) is 0 Å². The molecule has 4 N–H and O–H groups in total. The van der Waals surface area contributed by atoms with E-state index in [1.54, 1.807) is 0 Å². The highest BCUT2D eigenvalue weighted by Crippen LogP contribution is 2.32. The lowest BCUT2D eigenvalue weighted by atomic mass is 10.2. The van der Waals surface area contributed by atoms with Gasteiger partial charge in [0.25, 0.3) is 0 Å². The number of rotatable bonds is 6. The Morgan fingerprint density at radius 3 is 2.61 bits per heavy atom. The largest absolute Gasteiger partial charge is 0.489 e. The molecule has 1 rings (SSSR count).